The topological polar surface area (TPSA) is 66.5 Å². The van der Waals surface area contributed by atoms with Crippen molar-refractivity contribution in [3.05, 3.63) is 29.8 Å². The number of hydrogen-bond acceptors (Lipinski definition) is 3. The normalized spacial score (nSPS) is 36.4. The molecule has 4 aliphatic carbocycles. The first-order valence-electron chi connectivity index (χ1n) is 11.2. The first kappa shape index (κ1) is 19.6. The molecule has 4 bridgehead atoms. The predicted molar refractivity (Wildman–Crippen MR) is 112 cm³/mol. The number of carbonyl (C=O) groups excluding carboxylic acids is 1. The van der Waals surface area contributed by atoms with Gasteiger partial charge in [0.1, 0.15) is 0 Å². The van der Waals surface area contributed by atoms with Gasteiger partial charge in [-0.25, -0.2) is 8.42 Å². The highest BCUT2D eigenvalue weighted by Crippen LogP contribution is 2.60. The third-order valence-corrected chi connectivity index (χ3v) is 10.1. The highest BCUT2D eigenvalue weighted by molar-refractivity contribution is 7.89. The highest BCUT2D eigenvalue weighted by atomic mass is 32.2. The molecule has 1 aromatic rings. The zero-order chi connectivity index (χ0) is 20.2. The van der Waals surface area contributed by atoms with E-state index in [1.165, 1.54) is 19.3 Å². The first-order valence-corrected chi connectivity index (χ1v) is 12.6. The smallest absolute Gasteiger partial charge is 0.243 e. The summed E-state index contributed by atoms with van der Waals surface area (Å²) >= 11 is 0. The SMILES string of the molecule is Cc1ccccc1S(=O)(=O)N1CCC(CNC(=O)C23CC4CC(CC(C4)C2)C3)C1. The van der Waals surface area contributed by atoms with Crippen molar-refractivity contribution < 1.29 is 13.2 Å². The van der Waals surface area contributed by atoms with Gasteiger partial charge in [-0.2, -0.15) is 4.31 Å². The van der Waals surface area contributed by atoms with Gasteiger partial charge >= 0.3 is 0 Å². The molecule has 1 aliphatic heterocycles. The second kappa shape index (κ2) is 7.09. The maximum Gasteiger partial charge on any atom is 0.243 e. The van der Waals surface area contributed by atoms with E-state index < -0.39 is 10.0 Å². The number of sulfonamides is 1. The number of amides is 1. The zero-order valence-electron chi connectivity index (χ0n) is 17.3. The van der Waals surface area contributed by atoms with Gasteiger partial charge in [0.2, 0.25) is 15.9 Å². The Bertz CT molecular complexity index is 875. The monoisotopic (exact) mass is 416 g/mol. The van der Waals surface area contributed by atoms with Crippen LogP contribution in [0.1, 0.15) is 50.5 Å². The lowest BCUT2D eigenvalue weighted by Crippen LogP contribution is -2.54. The molecular formula is C23H32N2O3S. The van der Waals surface area contributed by atoms with Crippen LogP contribution in [0.25, 0.3) is 0 Å². The molecule has 4 saturated carbocycles. The molecule has 6 rings (SSSR count). The molecule has 0 radical (unpaired) electrons. The minimum Gasteiger partial charge on any atom is -0.355 e. The van der Waals surface area contributed by atoms with Gasteiger partial charge in [0.25, 0.3) is 0 Å². The minimum atomic E-state index is -3.46. The lowest BCUT2D eigenvalue weighted by Gasteiger charge is -2.55. The molecule has 5 fully saturated rings. The van der Waals surface area contributed by atoms with Crippen molar-refractivity contribution in [1.82, 2.24) is 9.62 Å². The predicted octanol–water partition coefficient (Wildman–Crippen LogP) is 3.34. The Balaban J connectivity index is 1.20. The van der Waals surface area contributed by atoms with Gasteiger partial charge in [-0.05, 0) is 87.2 Å². The second-order valence-corrected chi connectivity index (χ2v) is 12.1. The molecule has 5 nitrogen and oxygen atoms in total. The fourth-order valence-electron chi connectivity index (χ4n) is 6.98. The molecule has 1 amide bonds. The van der Waals surface area contributed by atoms with Gasteiger partial charge in [0.05, 0.1) is 4.90 Å². The molecule has 158 valence electrons. The van der Waals surface area contributed by atoms with Gasteiger partial charge in [0, 0.05) is 25.0 Å². The fraction of sp³-hybridized carbons (Fsp3) is 0.696. The van der Waals surface area contributed by atoms with Crippen molar-refractivity contribution in [2.24, 2.45) is 29.1 Å². The van der Waals surface area contributed by atoms with Crippen molar-refractivity contribution >= 4 is 15.9 Å². The van der Waals surface area contributed by atoms with Crippen LogP contribution in [0.4, 0.5) is 0 Å². The second-order valence-electron chi connectivity index (χ2n) is 10.2. The van der Waals surface area contributed by atoms with Crippen molar-refractivity contribution in [2.75, 3.05) is 19.6 Å². The number of benzene rings is 1. The molecule has 1 unspecified atom stereocenters. The summed E-state index contributed by atoms with van der Waals surface area (Å²) in [6.45, 7) is 3.47. The Kier molecular flexibility index (Phi) is 4.78. The summed E-state index contributed by atoms with van der Waals surface area (Å²) in [5, 5.41) is 3.24. The third-order valence-electron chi connectivity index (χ3n) is 8.03. The van der Waals surface area contributed by atoms with Gasteiger partial charge < -0.3 is 5.32 Å². The number of nitrogens with one attached hydrogen (secondary N) is 1. The molecule has 1 atom stereocenters. The van der Waals surface area contributed by atoms with Crippen LogP contribution in [0.15, 0.2) is 29.2 Å². The van der Waals surface area contributed by atoms with Crippen LogP contribution in [0.3, 0.4) is 0 Å². The van der Waals surface area contributed by atoms with E-state index in [1.807, 2.05) is 19.1 Å². The molecule has 1 N–H and O–H groups in total. The van der Waals surface area contributed by atoms with Gasteiger partial charge in [0.15, 0.2) is 0 Å². The molecule has 0 aromatic heterocycles. The van der Waals surface area contributed by atoms with E-state index >= 15 is 0 Å². The number of nitrogens with zero attached hydrogens (tertiary/aromatic N) is 1. The van der Waals surface area contributed by atoms with Gasteiger partial charge in [-0.15, -0.1) is 0 Å². The maximum atomic E-state index is 13.2. The van der Waals surface area contributed by atoms with Crippen LogP contribution in [0.5, 0.6) is 0 Å². The maximum absolute atomic E-state index is 13.2. The average molecular weight is 417 g/mol. The van der Waals surface area contributed by atoms with Crippen molar-refractivity contribution in [1.29, 1.82) is 0 Å². The highest BCUT2D eigenvalue weighted by Gasteiger charge is 2.54. The van der Waals surface area contributed by atoms with E-state index in [2.05, 4.69) is 5.32 Å². The molecule has 1 saturated heterocycles. The van der Waals surface area contributed by atoms with Crippen molar-refractivity contribution in [2.45, 2.75) is 56.8 Å². The Morgan fingerprint density at radius 3 is 2.34 bits per heavy atom. The van der Waals surface area contributed by atoms with Gasteiger partial charge in [-0.1, -0.05) is 18.2 Å². The van der Waals surface area contributed by atoms with Crippen LogP contribution in [-0.4, -0.2) is 38.3 Å². The van der Waals surface area contributed by atoms with Crippen LogP contribution in [0.2, 0.25) is 0 Å². The average Bonchev–Trinajstić information content (AvgIpc) is 3.15. The standard InChI is InChI=1S/C23H32N2O3S/c1-16-4-2-3-5-21(16)29(27,28)25-7-6-17(15-25)14-24-22(26)23-11-18-8-19(12-23)10-20(9-18)13-23/h2-5,17-20H,6-15H2,1H3,(H,24,26). The molecule has 6 heteroatoms. The summed E-state index contributed by atoms with van der Waals surface area (Å²) in [4.78, 5) is 13.6. The fourth-order valence-corrected chi connectivity index (χ4v) is 8.74. The molecule has 0 spiro atoms. The van der Waals surface area contributed by atoms with E-state index in [-0.39, 0.29) is 17.2 Å². The summed E-state index contributed by atoms with van der Waals surface area (Å²) in [6, 6.07) is 7.17. The summed E-state index contributed by atoms with van der Waals surface area (Å²) in [7, 11) is -3.46. The van der Waals surface area contributed by atoms with E-state index in [1.54, 1.807) is 16.4 Å². The Morgan fingerprint density at radius 1 is 1.10 bits per heavy atom. The zero-order valence-corrected chi connectivity index (χ0v) is 18.1. The lowest BCUT2D eigenvalue weighted by molar-refractivity contribution is -0.146. The van der Waals surface area contributed by atoms with Crippen molar-refractivity contribution in [3.63, 3.8) is 0 Å². The summed E-state index contributed by atoms with van der Waals surface area (Å²) in [6.07, 6.45) is 8.03. The van der Waals surface area contributed by atoms with E-state index in [0.29, 0.717) is 24.5 Å². The molecular weight excluding hydrogens is 384 g/mol. The third kappa shape index (κ3) is 3.42. The lowest BCUT2D eigenvalue weighted by atomic mass is 9.49. The van der Waals surface area contributed by atoms with Crippen LogP contribution < -0.4 is 5.32 Å². The number of hydrogen-bond donors (Lipinski definition) is 1. The minimum absolute atomic E-state index is 0.125. The number of aryl methyl sites for hydroxylation is 1. The molecule has 1 heterocycles. The van der Waals surface area contributed by atoms with Crippen LogP contribution >= 0.6 is 0 Å². The number of rotatable bonds is 5. The first-order chi connectivity index (χ1) is 13.9. The molecule has 1 aromatic carbocycles. The van der Waals surface area contributed by atoms with E-state index in [9.17, 15) is 13.2 Å². The van der Waals surface area contributed by atoms with E-state index in [4.69, 9.17) is 0 Å². The molecule has 5 aliphatic rings. The Labute approximate surface area is 174 Å². The summed E-state index contributed by atoms with van der Waals surface area (Å²) in [5.41, 5.74) is 0.659. The largest absolute Gasteiger partial charge is 0.355 e. The van der Waals surface area contributed by atoms with Gasteiger partial charge in [-0.3, -0.25) is 4.79 Å². The van der Waals surface area contributed by atoms with Crippen LogP contribution in [0, 0.1) is 36.0 Å². The Hall–Kier alpha value is -1.40. The Morgan fingerprint density at radius 2 is 1.72 bits per heavy atom. The summed E-state index contributed by atoms with van der Waals surface area (Å²) in [5.74, 6) is 2.72. The summed E-state index contributed by atoms with van der Waals surface area (Å²) < 4.78 is 27.6. The van der Waals surface area contributed by atoms with Crippen LogP contribution in [-0.2, 0) is 14.8 Å². The quantitative estimate of drug-likeness (QED) is 0.801. The van der Waals surface area contributed by atoms with E-state index in [0.717, 1.165) is 49.0 Å². The molecule has 29 heavy (non-hydrogen) atoms. The van der Waals surface area contributed by atoms with Crippen molar-refractivity contribution in [3.8, 4) is 0 Å². The number of carbonyl (C=O) groups is 1.